The van der Waals surface area contributed by atoms with Crippen molar-refractivity contribution in [3.05, 3.63) is 41.2 Å². The topological polar surface area (TPSA) is 163 Å². The number of ether oxygens (including phenoxy) is 2. The SMILES string of the molecule is Cc1nn(C)c2c1-c1cc3c(n[nH]c3cn1)/C=C/C(=C(/N)OCC#N)C(=NCCO)CN1CCCC1CO2. The van der Waals surface area contributed by atoms with Gasteiger partial charge in [-0.25, -0.2) is 4.68 Å². The molecule has 0 aliphatic carbocycles. The molecule has 4 N–H and O–H groups in total. The smallest absolute Gasteiger partial charge is 0.221 e. The Bertz CT molecular complexity index is 1460. The van der Waals surface area contributed by atoms with Gasteiger partial charge in [0.1, 0.15) is 12.7 Å². The van der Waals surface area contributed by atoms with Crippen LogP contribution in [0.25, 0.3) is 28.2 Å². The van der Waals surface area contributed by atoms with Gasteiger partial charge in [0.05, 0.1) is 58.8 Å². The number of nitrogens with one attached hydrogen (secondary N) is 1. The number of hydrogen-bond donors (Lipinski definition) is 3. The quantitative estimate of drug-likeness (QED) is 0.437. The molecule has 0 radical (unpaired) electrons. The zero-order valence-electron chi connectivity index (χ0n) is 21.5. The summed E-state index contributed by atoms with van der Waals surface area (Å²) in [6.45, 7) is 3.68. The second-order valence-electron chi connectivity index (χ2n) is 9.30. The Morgan fingerprint density at radius 1 is 1.42 bits per heavy atom. The molecule has 1 saturated heterocycles. The number of hydrogen-bond acceptors (Lipinski definition) is 10. The van der Waals surface area contributed by atoms with Crippen molar-refractivity contribution in [3.63, 3.8) is 0 Å². The number of pyridine rings is 1. The summed E-state index contributed by atoms with van der Waals surface area (Å²) in [5.74, 6) is 0.757. The van der Waals surface area contributed by atoms with Crippen LogP contribution in [-0.4, -0.2) is 86.2 Å². The van der Waals surface area contributed by atoms with Gasteiger partial charge in [-0.3, -0.25) is 20.0 Å². The fourth-order valence-corrected chi connectivity index (χ4v) is 5.03. The Balaban J connectivity index is 1.68. The first-order chi connectivity index (χ1) is 18.5. The minimum absolute atomic E-state index is 0.0899. The summed E-state index contributed by atoms with van der Waals surface area (Å²) in [6.07, 6.45) is 7.37. The molecular weight excluding hydrogens is 486 g/mol. The maximum Gasteiger partial charge on any atom is 0.221 e. The number of nitrogens with two attached hydrogens (primary N) is 1. The fraction of sp³-hybridized carbons (Fsp3) is 0.423. The molecule has 2 bridgehead atoms. The van der Waals surface area contributed by atoms with Gasteiger partial charge in [-0.05, 0) is 44.5 Å². The number of aliphatic imine (C=N–C) groups is 1. The average molecular weight is 518 g/mol. The molecule has 12 heteroatoms. The van der Waals surface area contributed by atoms with Crippen LogP contribution in [-0.2, 0) is 11.8 Å². The van der Waals surface area contributed by atoms with Crippen LogP contribution in [0.15, 0.2) is 34.8 Å². The number of fused-ring (bicyclic) bond motifs is 4. The van der Waals surface area contributed by atoms with E-state index in [9.17, 15) is 5.11 Å². The number of allylic oxidation sites excluding steroid dienone is 1. The highest BCUT2D eigenvalue weighted by atomic mass is 16.5. The molecule has 0 saturated carbocycles. The summed E-state index contributed by atoms with van der Waals surface area (Å²) in [5.41, 5.74) is 11.4. The summed E-state index contributed by atoms with van der Waals surface area (Å²) in [5, 5.41) is 31.5. The molecule has 12 nitrogen and oxygen atoms in total. The van der Waals surface area contributed by atoms with Gasteiger partial charge in [0.15, 0.2) is 12.5 Å². The van der Waals surface area contributed by atoms with Gasteiger partial charge < -0.3 is 20.3 Å². The number of aryl methyl sites for hydroxylation is 2. The lowest BCUT2D eigenvalue weighted by Crippen LogP contribution is -2.39. The highest BCUT2D eigenvalue weighted by Crippen LogP contribution is 2.34. The predicted molar refractivity (Wildman–Crippen MR) is 142 cm³/mol. The molecule has 3 aromatic rings. The van der Waals surface area contributed by atoms with Crippen molar-refractivity contribution in [3.8, 4) is 23.2 Å². The summed E-state index contributed by atoms with van der Waals surface area (Å²) in [7, 11) is 1.87. The second-order valence-corrected chi connectivity index (χ2v) is 9.30. The van der Waals surface area contributed by atoms with E-state index in [0.717, 1.165) is 47.2 Å². The number of rotatable bonds is 4. The number of H-pyrrole nitrogens is 1. The first-order valence-electron chi connectivity index (χ1n) is 12.6. The van der Waals surface area contributed by atoms with E-state index in [1.165, 1.54) is 0 Å². The predicted octanol–water partition coefficient (Wildman–Crippen LogP) is 1.68. The van der Waals surface area contributed by atoms with Gasteiger partial charge in [-0.15, -0.1) is 0 Å². The number of aliphatic hydroxyl groups is 1. The average Bonchev–Trinajstić information content (AvgIpc) is 3.60. The molecule has 3 aromatic heterocycles. The first kappa shape index (κ1) is 25.4. The van der Waals surface area contributed by atoms with Crippen molar-refractivity contribution in [1.82, 2.24) is 29.9 Å². The van der Waals surface area contributed by atoms with Crippen molar-refractivity contribution < 1.29 is 14.6 Å². The summed E-state index contributed by atoms with van der Waals surface area (Å²) in [6, 6.07) is 4.06. The van der Waals surface area contributed by atoms with E-state index in [4.69, 9.17) is 20.5 Å². The molecular formula is C26H31N9O3. The third-order valence-electron chi connectivity index (χ3n) is 6.85. The lowest BCUT2D eigenvalue weighted by Gasteiger charge is -2.26. The molecule has 5 heterocycles. The molecule has 38 heavy (non-hydrogen) atoms. The maximum absolute atomic E-state index is 9.52. The minimum Gasteiger partial charge on any atom is -0.476 e. The van der Waals surface area contributed by atoms with Crippen molar-refractivity contribution in [2.24, 2.45) is 17.8 Å². The van der Waals surface area contributed by atoms with E-state index in [1.54, 1.807) is 17.0 Å². The van der Waals surface area contributed by atoms with Crippen molar-refractivity contribution in [2.75, 3.05) is 39.5 Å². The van der Waals surface area contributed by atoms with Gasteiger partial charge in [-0.2, -0.15) is 15.5 Å². The minimum atomic E-state index is -0.192. The Kier molecular flexibility index (Phi) is 7.39. The summed E-state index contributed by atoms with van der Waals surface area (Å²) >= 11 is 0. The van der Waals surface area contributed by atoms with Crippen LogP contribution >= 0.6 is 0 Å². The van der Waals surface area contributed by atoms with Gasteiger partial charge in [0.2, 0.25) is 5.88 Å². The molecule has 1 unspecified atom stereocenters. The molecule has 1 fully saturated rings. The van der Waals surface area contributed by atoms with Crippen LogP contribution in [0.4, 0.5) is 0 Å². The lowest BCUT2D eigenvalue weighted by molar-refractivity contribution is 0.179. The maximum atomic E-state index is 9.52. The Hall–Kier alpha value is -4.21. The van der Waals surface area contributed by atoms with E-state index in [1.807, 2.05) is 32.2 Å². The van der Waals surface area contributed by atoms with E-state index < -0.39 is 0 Å². The molecule has 198 valence electrons. The number of aliphatic hydroxyl groups excluding tert-OH is 1. The zero-order valence-corrected chi connectivity index (χ0v) is 21.5. The van der Waals surface area contributed by atoms with Gasteiger partial charge in [-0.1, -0.05) is 0 Å². The molecule has 0 spiro atoms. The first-order valence-corrected chi connectivity index (χ1v) is 12.6. The molecule has 0 aromatic carbocycles. The molecule has 2 aliphatic rings. The normalized spacial score (nSPS) is 21.3. The van der Waals surface area contributed by atoms with Crippen molar-refractivity contribution >= 4 is 22.7 Å². The van der Waals surface area contributed by atoms with Crippen LogP contribution in [0.2, 0.25) is 0 Å². The van der Waals surface area contributed by atoms with Crippen LogP contribution < -0.4 is 10.5 Å². The van der Waals surface area contributed by atoms with E-state index >= 15 is 0 Å². The summed E-state index contributed by atoms with van der Waals surface area (Å²) < 4.78 is 13.7. The Morgan fingerprint density at radius 3 is 3.11 bits per heavy atom. The third kappa shape index (κ3) is 4.98. The van der Waals surface area contributed by atoms with Crippen molar-refractivity contribution in [2.45, 2.75) is 25.8 Å². The standard InChI is InChI=1S/C26H31N9O3/c1-16-24-21-12-19-20(31-32-22(19)13-30-21)6-5-18(25(28)37-11-7-27)23(29-8-10-36)14-35-9-3-4-17(35)15-38-26(24)34(2)33-16/h5-6,12-13,17,36H,3-4,8-11,14-15,28H2,1-2H3,(H,31,32)/b6-5+,25-18+,29-23?. The highest BCUT2D eigenvalue weighted by Gasteiger charge is 2.29. The largest absolute Gasteiger partial charge is 0.476 e. The number of aromatic nitrogens is 5. The Morgan fingerprint density at radius 2 is 2.29 bits per heavy atom. The molecule has 2 aliphatic heterocycles. The highest BCUT2D eigenvalue weighted by molar-refractivity contribution is 6.05. The van der Waals surface area contributed by atoms with Crippen LogP contribution in [0, 0.1) is 18.3 Å². The third-order valence-corrected chi connectivity index (χ3v) is 6.85. The van der Waals surface area contributed by atoms with Gasteiger partial charge in [0, 0.05) is 25.0 Å². The van der Waals surface area contributed by atoms with E-state index in [-0.39, 0.29) is 31.7 Å². The number of nitrogens with zero attached hydrogens (tertiary/aromatic N) is 7. The van der Waals surface area contributed by atoms with Crippen LogP contribution in [0.5, 0.6) is 5.88 Å². The fourth-order valence-electron chi connectivity index (χ4n) is 5.03. The molecule has 5 rings (SSSR count). The van der Waals surface area contributed by atoms with E-state index in [2.05, 4.69) is 30.2 Å². The van der Waals surface area contributed by atoms with Gasteiger partial charge in [0.25, 0.3) is 0 Å². The lowest BCUT2D eigenvalue weighted by atomic mass is 10.1. The monoisotopic (exact) mass is 517 g/mol. The van der Waals surface area contributed by atoms with Crippen molar-refractivity contribution in [1.29, 1.82) is 5.26 Å². The molecule has 0 amide bonds. The molecule has 1 atom stereocenters. The summed E-state index contributed by atoms with van der Waals surface area (Å²) in [4.78, 5) is 11.6. The Labute approximate surface area is 220 Å². The van der Waals surface area contributed by atoms with Gasteiger partial charge >= 0.3 is 0 Å². The zero-order chi connectivity index (χ0) is 26.6. The van der Waals surface area contributed by atoms with Crippen LogP contribution in [0.3, 0.4) is 0 Å². The van der Waals surface area contributed by atoms with Crippen LogP contribution in [0.1, 0.15) is 24.2 Å². The number of aromatic amines is 1. The van der Waals surface area contributed by atoms with E-state index in [0.29, 0.717) is 36.0 Å². The second kappa shape index (κ2) is 11.0. The number of nitriles is 1.